The van der Waals surface area contributed by atoms with Crippen molar-refractivity contribution < 1.29 is 0 Å². The van der Waals surface area contributed by atoms with Crippen molar-refractivity contribution >= 4 is 39.2 Å². The Morgan fingerprint density at radius 1 is 0.469 bits per heavy atom. The van der Waals surface area contributed by atoms with Crippen LogP contribution in [0, 0.1) is 6.92 Å². The van der Waals surface area contributed by atoms with Crippen LogP contribution in [0.15, 0.2) is 121 Å². The molecule has 0 spiro atoms. The van der Waals surface area contributed by atoms with Gasteiger partial charge in [0, 0.05) is 35.2 Å². The molecule has 0 aliphatic rings. The molecular formula is C30H26N2. The average Bonchev–Trinajstić information content (AvgIpc) is 2.85. The number of anilines is 5. The van der Waals surface area contributed by atoms with Gasteiger partial charge in [0.1, 0.15) is 0 Å². The third-order valence-corrected chi connectivity index (χ3v) is 5.94. The Hall–Kier alpha value is -4.04. The van der Waals surface area contributed by atoms with Crippen molar-refractivity contribution in [2.24, 2.45) is 0 Å². The van der Waals surface area contributed by atoms with Crippen LogP contribution >= 0.6 is 0 Å². The summed E-state index contributed by atoms with van der Waals surface area (Å²) in [6.07, 6.45) is 0. The SMILES string of the molecule is Cc1ccc(N(C)c2ccc(N(c3ccccc3)c3cccc4ccccc34)cc2)cc1. The summed E-state index contributed by atoms with van der Waals surface area (Å²) in [7, 11) is 2.11. The minimum atomic E-state index is 1.13. The Labute approximate surface area is 190 Å². The van der Waals surface area contributed by atoms with Crippen molar-refractivity contribution in [1.29, 1.82) is 0 Å². The summed E-state index contributed by atoms with van der Waals surface area (Å²) in [6.45, 7) is 2.12. The van der Waals surface area contributed by atoms with Gasteiger partial charge in [-0.1, -0.05) is 72.3 Å². The van der Waals surface area contributed by atoms with Crippen LogP contribution in [-0.2, 0) is 0 Å². The Balaban J connectivity index is 1.57. The molecule has 0 bridgehead atoms. The Kier molecular flexibility index (Phi) is 5.35. The molecular weight excluding hydrogens is 388 g/mol. The molecule has 0 aliphatic carbocycles. The maximum Gasteiger partial charge on any atom is 0.0540 e. The minimum absolute atomic E-state index is 1.13. The number of nitrogens with zero attached hydrogens (tertiary/aromatic N) is 2. The Morgan fingerprint density at radius 2 is 1.00 bits per heavy atom. The zero-order chi connectivity index (χ0) is 21.9. The average molecular weight is 415 g/mol. The summed E-state index contributed by atoms with van der Waals surface area (Å²) in [5.74, 6) is 0. The van der Waals surface area contributed by atoms with E-state index in [9.17, 15) is 0 Å². The highest BCUT2D eigenvalue weighted by molar-refractivity contribution is 5.98. The molecule has 5 aromatic rings. The van der Waals surface area contributed by atoms with Gasteiger partial charge in [-0.25, -0.2) is 0 Å². The molecule has 2 nitrogen and oxygen atoms in total. The van der Waals surface area contributed by atoms with E-state index >= 15 is 0 Å². The van der Waals surface area contributed by atoms with Crippen LogP contribution < -0.4 is 9.80 Å². The van der Waals surface area contributed by atoms with Crippen LogP contribution in [-0.4, -0.2) is 7.05 Å². The molecule has 0 atom stereocenters. The molecule has 5 aromatic carbocycles. The van der Waals surface area contributed by atoms with Crippen LogP contribution in [0.1, 0.15) is 5.56 Å². The van der Waals surface area contributed by atoms with E-state index in [0.717, 1.165) is 17.1 Å². The second-order valence-electron chi connectivity index (χ2n) is 8.08. The molecule has 0 amide bonds. The maximum absolute atomic E-state index is 2.33. The maximum atomic E-state index is 2.33. The summed E-state index contributed by atoms with van der Waals surface area (Å²) in [5, 5.41) is 2.47. The van der Waals surface area contributed by atoms with Crippen LogP contribution in [0.5, 0.6) is 0 Å². The highest BCUT2D eigenvalue weighted by atomic mass is 15.1. The largest absolute Gasteiger partial charge is 0.345 e. The van der Waals surface area contributed by atoms with Gasteiger partial charge in [0.25, 0.3) is 0 Å². The lowest BCUT2D eigenvalue weighted by atomic mass is 10.1. The van der Waals surface area contributed by atoms with Crippen LogP contribution in [0.25, 0.3) is 10.8 Å². The van der Waals surface area contributed by atoms with E-state index in [-0.39, 0.29) is 0 Å². The molecule has 0 saturated heterocycles. The van der Waals surface area contributed by atoms with Gasteiger partial charge in [0.2, 0.25) is 0 Å². The highest BCUT2D eigenvalue weighted by Crippen LogP contribution is 2.39. The standard InChI is InChI=1S/C30H26N2/c1-23-15-17-25(18-16-23)31(2)26-19-21-28(22-20-26)32(27-11-4-3-5-12-27)30-14-8-10-24-9-6-7-13-29(24)30/h3-22H,1-2H3. The first kappa shape index (κ1) is 19.9. The molecule has 156 valence electrons. The van der Waals surface area contributed by atoms with Gasteiger partial charge >= 0.3 is 0 Å². The Bertz CT molecular complexity index is 1320. The van der Waals surface area contributed by atoms with Crippen molar-refractivity contribution in [3.05, 3.63) is 127 Å². The smallest absolute Gasteiger partial charge is 0.0540 e. The third-order valence-electron chi connectivity index (χ3n) is 5.94. The normalized spacial score (nSPS) is 10.8. The molecule has 0 aliphatic heterocycles. The predicted octanol–water partition coefficient (Wildman–Crippen LogP) is 8.39. The number of fused-ring (bicyclic) bond motifs is 1. The van der Waals surface area contributed by atoms with E-state index in [0.29, 0.717) is 0 Å². The number of aryl methyl sites for hydroxylation is 1. The van der Waals surface area contributed by atoms with E-state index in [1.54, 1.807) is 0 Å². The fourth-order valence-corrected chi connectivity index (χ4v) is 4.15. The number of hydrogen-bond donors (Lipinski definition) is 0. The third kappa shape index (κ3) is 3.83. The van der Waals surface area contributed by atoms with E-state index in [1.165, 1.54) is 27.7 Å². The lowest BCUT2D eigenvalue weighted by molar-refractivity contribution is 1.20. The summed E-state index contributed by atoms with van der Waals surface area (Å²) >= 11 is 0. The van der Waals surface area contributed by atoms with E-state index in [2.05, 4.69) is 145 Å². The molecule has 32 heavy (non-hydrogen) atoms. The molecule has 0 heterocycles. The lowest BCUT2D eigenvalue weighted by Crippen LogP contribution is -2.12. The lowest BCUT2D eigenvalue weighted by Gasteiger charge is -2.27. The van der Waals surface area contributed by atoms with Gasteiger partial charge in [-0.2, -0.15) is 0 Å². The summed E-state index contributed by atoms with van der Waals surface area (Å²) in [6, 6.07) is 43.0. The number of hydrogen-bond acceptors (Lipinski definition) is 2. The first-order valence-corrected chi connectivity index (χ1v) is 10.9. The van der Waals surface area contributed by atoms with Gasteiger partial charge < -0.3 is 9.80 Å². The quantitative estimate of drug-likeness (QED) is 0.285. The van der Waals surface area contributed by atoms with Crippen molar-refractivity contribution in [3.8, 4) is 0 Å². The number of benzene rings is 5. The molecule has 0 unspecified atom stereocenters. The fraction of sp³-hybridized carbons (Fsp3) is 0.0667. The number of para-hydroxylation sites is 1. The second kappa shape index (κ2) is 8.60. The monoisotopic (exact) mass is 414 g/mol. The first-order chi connectivity index (χ1) is 15.7. The zero-order valence-corrected chi connectivity index (χ0v) is 18.4. The molecule has 0 saturated carbocycles. The summed E-state index contributed by atoms with van der Waals surface area (Å²) in [4.78, 5) is 4.55. The molecule has 5 rings (SSSR count). The van der Waals surface area contributed by atoms with Gasteiger partial charge in [-0.15, -0.1) is 0 Å². The molecule has 0 aromatic heterocycles. The predicted molar refractivity (Wildman–Crippen MR) is 138 cm³/mol. The summed E-state index contributed by atoms with van der Waals surface area (Å²) < 4.78 is 0. The molecule has 0 radical (unpaired) electrons. The summed E-state index contributed by atoms with van der Waals surface area (Å²) in [5.41, 5.74) is 7.05. The number of rotatable bonds is 5. The van der Waals surface area contributed by atoms with E-state index in [4.69, 9.17) is 0 Å². The van der Waals surface area contributed by atoms with Gasteiger partial charge in [-0.3, -0.25) is 0 Å². The van der Waals surface area contributed by atoms with Crippen molar-refractivity contribution in [2.75, 3.05) is 16.8 Å². The minimum Gasteiger partial charge on any atom is -0.345 e. The zero-order valence-electron chi connectivity index (χ0n) is 18.4. The fourth-order valence-electron chi connectivity index (χ4n) is 4.15. The van der Waals surface area contributed by atoms with Gasteiger partial charge in [0.05, 0.1) is 5.69 Å². The molecule has 0 fully saturated rings. The van der Waals surface area contributed by atoms with Crippen LogP contribution in [0.2, 0.25) is 0 Å². The Morgan fingerprint density at radius 3 is 1.72 bits per heavy atom. The van der Waals surface area contributed by atoms with Crippen molar-refractivity contribution in [3.63, 3.8) is 0 Å². The van der Waals surface area contributed by atoms with Crippen molar-refractivity contribution in [1.82, 2.24) is 0 Å². The van der Waals surface area contributed by atoms with Gasteiger partial charge in [-0.05, 0) is 66.9 Å². The highest BCUT2D eigenvalue weighted by Gasteiger charge is 2.15. The first-order valence-electron chi connectivity index (χ1n) is 10.9. The van der Waals surface area contributed by atoms with Gasteiger partial charge in [0.15, 0.2) is 0 Å². The molecule has 2 heteroatoms. The van der Waals surface area contributed by atoms with Crippen molar-refractivity contribution in [2.45, 2.75) is 6.92 Å². The second-order valence-corrected chi connectivity index (χ2v) is 8.08. The topological polar surface area (TPSA) is 6.48 Å². The van der Waals surface area contributed by atoms with E-state index < -0.39 is 0 Å². The molecule has 0 N–H and O–H groups in total. The van der Waals surface area contributed by atoms with Crippen LogP contribution in [0.3, 0.4) is 0 Å². The van der Waals surface area contributed by atoms with Crippen LogP contribution in [0.4, 0.5) is 28.4 Å². The van der Waals surface area contributed by atoms with E-state index in [1.807, 2.05) is 0 Å².